The van der Waals surface area contributed by atoms with Crippen molar-refractivity contribution >= 4 is 0 Å². The largest absolute Gasteiger partial charge is 0.392 e. The van der Waals surface area contributed by atoms with E-state index >= 15 is 0 Å². The molecule has 0 atom stereocenters. The van der Waals surface area contributed by atoms with Crippen LogP contribution in [0.25, 0.3) is 22.3 Å². The van der Waals surface area contributed by atoms with E-state index in [1.165, 1.54) is 0 Å². The van der Waals surface area contributed by atoms with E-state index in [1.807, 2.05) is 24.3 Å². The van der Waals surface area contributed by atoms with Gasteiger partial charge in [0.25, 0.3) is 0 Å². The van der Waals surface area contributed by atoms with Crippen molar-refractivity contribution in [1.29, 1.82) is 0 Å². The summed E-state index contributed by atoms with van der Waals surface area (Å²) in [5, 5.41) is 9.76. The third-order valence-electron chi connectivity index (χ3n) is 3.20. The maximum atomic E-state index is 9.76. The fourth-order valence-corrected chi connectivity index (χ4v) is 2.22. The highest BCUT2D eigenvalue weighted by atomic mass is 16.3. The predicted molar refractivity (Wildman–Crippen MR) is 76.6 cm³/mol. The Morgan fingerprint density at radius 2 is 1.15 bits per heavy atom. The standard InChI is InChI=1S/C16H13N3O/c20-11-16-14(12-1-5-17-6-2-12)9-19-10-15(16)13-3-7-18-8-4-13/h1-10,20H,11H2. The van der Waals surface area contributed by atoms with Crippen LogP contribution in [-0.2, 0) is 6.61 Å². The first-order chi connectivity index (χ1) is 9.90. The molecule has 0 saturated carbocycles. The van der Waals surface area contributed by atoms with Gasteiger partial charge in [-0.15, -0.1) is 0 Å². The Labute approximate surface area is 116 Å². The van der Waals surface area contributed by atoms with Gasteiger partial charge in [0.05, 0.1) is 6.61 Å². The summed E-state index contributed by atoms with van der Waals surface area (Å²) in [6, 6.07) is 7.64. The first-order valence-electron chi connectivity index (χ1n) is 6.28. The van der Waals surface area contributed by atoms with Crippen molar-refractivity contribution in [2.24, 2.45) is 0 Å². The topological polar surface area (TPSA) is 58.9 Å². The van der Waals surface area contributed by atoms with Gasteiger partial charge in [0.2, 0.25) is 0 Å². The van der Waals surface area contributed by atoms with E-state index in [1.54, 1.807) is 37.2 Å². The molecule has 0 radical (unpaired) electrons. The van der Waals surface area contributed by atoms with Gasteiger partial charge in [0.15, 0.2) is 0 Å². The van der Waals surface area contributed by atoms with Crippen LogP contribution in [0, 0.1) is 0 Å². The zero-order valence-electron chi connectivity index (χ0n) is 10.8. The van der Waals surface area contributed by atoms with E-state index in [9.17, 15) is 5.11 Å². The van der Waals surface area contributed by atoms with Gasteiger partial charge in [-0.1, -0.05) is 0 Å². The van der Waals surface area contributed by atoms with Gasteiger partial charge in [-0.3, -0.25) is 15.0 Å². The van der Waals surface area contributed by atoms with E-state index in [2.05, 4.69) is 15.0 Å². The maximum Gasteiger partial charge on any atom is 0.0695 e. The minimum absolute atomic E-state index is 0.0438. The number of pyridine rings is 3. The molecule has 3 aromatic rings. The number of hydrogen-bond donors (Lipinski definition) is 1. The van der Waals surface area contributed by atoms with Crippen LogP contribution < -0.4 is 0 Å². The van der Waals surface area contributed by atoms with Gasteiger partial charge >= 0.3 is 0 Å². The summed E-state index contributed by atoms with van der Waals surface area (Å²) in [4.78, 5) is 12.3. The first-order valence-corrected chi connectivity index (χ1v) is 6.28. The molecule has 0 aliphatic rings. The Hall–Kier alpha value is -2.59. The average Bonchev–Trinajstić information content (AvgIpc) is 2.55. The molecule has 0 aliphatic carbocycles. The molecule has 3 aromatic heterocycles. The van der Waals surface area contributed by atoms with Crippen LogP contribution in [0.4, 0.5) is 0 Å². The summed E-state index contributed by atoms with van der Waals surface area (Å²) in [5.74, 6) is 0. The van der Waals surface area contributed by atoms with Crippen LogP contribution >= 0.6 is 0 Å². The average molecular weight is 263 g/mol. The van der Waals surface area contributed by atoms with Gasteiger partial charge in [-0.05, 0) is 41.0 Å². The SMILES string of the molecule is OCc1c(-c2ccncc2)cncc1-c1ccncc1. The molecule has 4 heteroatoms. The Morgan fingerprint density at radius 1 is 0.700 bits per heavy atom. The van der Waals surface area contributed by atoms with Crippen molar-refractivity contribution in [1.82, 2.24) is 15.0 Å². The summed E-state index contributed by atoms with van der Waals surface area (Å²) in [6.45, 7) is -0.0438. The minimum atomic E-state index is -0.0438. The number of aromatic nitrogens is 3. The van der Waals surface area contributed by atoms with Crippen molar-refractivity contribution in [3.8, 4) is 22.3 Å². The number of aliphatic hydroxyl groups excluding tert-OH is 1. The minimum Gasteiger partial charge on any atom is -0.392 e. The molecule has 20 heavy (non-hydrogen) atoms. The highest BCUT2D eigenvalue weighted by Crippen LogP contribution is 2.30. The van der Waals surface area contributed by atoms with Crippen molar-refractivity contribution in [2.45, 2.75) is 6.61 Å². The van der Waals surface area contributed by atoms with Crippen molar-refractivity contribution in [2.75, 3.05) is 0 Å². The second-order valence-electron chi connectivity index (χ2n) is 4.34. The summed E-state index contributed by atoms with van der Waals surface area (Å²) >= 11 is 0. The Morgan fingerprint density at radius 3 is 1.55 bits per heavy atom. The van der Waals surface area contributed by atoms with E-state index in [0.29, 0.717) is 0 Å². The summed E-state index contributed by atoms with van der Waals surface area (Å²) in [7, 11) is 0. The number of rotatable bonds is 3. The van der Waals surface area contributed by atoms with Gasteiger partial charge in [0, 0.05) is 48.3 Å². The molecule has 0 fully saturated rings. The smallest absolute Gasteiger partial charge is 0.0695 e. The molecular formula is C16H13N3O. The van der Waals surface area contributed by atoms with Crippen LogP contribution in [0.15, 0.2) is 61.4 Å². The van der Waals surface area contributed by atoms with Gasteiger partial charge in [0.1, 0.15) is 0 Å². The number of hydrogen-bond acceptors (Lipinski definition) is 4. The second kappa shape index (κ2) is 5.59. The van der Waals surface area contributed by atoms with Gasteiger partial charge in [-0.2, -0.15) is 0 Å². The summed E-state index contributed by atoms with van der Waals surface area (Å²) in [5.41, 5.74) is 4.69. The second-order valence-corrected chi connectivity index (χ2v) is 4.34. The maximum absolute atomic E-state index is 9.76. The van der Waals surface area contributed by atoms with Gasteiger partial charge in [-0.25, -0.2) is 0 Å². The molecule has 0 unspecified atom stereocenters. The molecule has 1 N–H and O–H groups in total. The van der Waals surface area contributed by atoms with E-state index in [-0.39, 0.29) is 6.61 Å². The molecule has 4 nitrogen and oxygen atoms in total. The van der Waals surface area contributed by atoms with Crippen LogP contribution in [0.2, 0.25) is 0 Å². The fourth-order valence-electron chi connectivity index (χ4n) is 2.22. The van der Waals surface area contributed by atoms with Crippen molar-refractivity contribution in [3.05, 3.63) is 67.0 Å². The number of nitrogens with zero attached hydrogens (tertiary/aromatic N) is 3. The molecule has 0 amide bonds. The highest BCUT2D eigenvalue weighted by Gasteiger charge is 2.11. The molecule has 0 saturated heterocycles. The van der Waals surface area contributed by atoms with E-state index in [0.717, 1.165) is 27.8 Å². The lowest BCUT2D eigenvalue weighted by atomic mass is 9.96. The van der Waals surface area contributed by atoms with Crippen molar-refractivity contribution in [3.63, 3.8) is 0 Å². The van der Waals surface area contributed by atoms with Gasteiger partial charge < -0.3 is 5.11 Å². The van der Waals surface area contributed by atoms with E-state index in [4.69, 9.17) is 0 Å². The molecule has 0 spiro atoms. The third-order valence-corrected chi connectivity index (χ3v) is 3.20. The summed E-state index contributed by atoms with van der Waals surface area (Å²) < 4.78 is 0. The summed E-state index contributed by atoms with van der Waals surface area (Å²) in [6.07, 6.45) is 10.5. The highest BCUT2D eigenvalue weighted by molar-refractivity contribution is 5.76. The Kier molecular flexibility index (Phi) is 3.48. The monoisotopic (exact) mass is 263 g/mol. The molecule has 0 aliphatic heterocycles. The van der Waals surface area contributed by atoms with Crippen LogP contribution in [-0.4, -0.2) is 20.1 Å². The molecule has 0 aromatic carbocycles. The molecule has 98 valence electrons. The third kappa shape index (κ3) is 2.29. The van der Waals surface area contributed by atoms with Crippen LogP contribution in [0.5, 0.6) is 0 Å². The lowest BCUT2D eigenvalue weighted by Crippen LogP contribution is -1.96. The van der Waals surface area contributed by atoms with E-state index < -0.39 is 0 Å². The normalized spacial score (nSPS) is 10.4. The molecule has 3 heterocycles. The zero-order valence-corrected chi connectivity index (χ0v) is 10.8. The van der Waals surface area contributed by atoms with Crippen LogP contribution in [0.3, 0.4) is 0 Å². The predicted octanol–water partition coefficient (Wildman–Crippen LogP) is 2.70. The first kappa shape index (κ1) is 12.4. The molecule has 3 rings (SSSR count). The lowest BCUT2D eigenvalue weighted by molar-refractivity contribution is 0.283. The Balaban J connectivity index is 2.19. The van der Waals surface area contributed by atoms with Crippen molar-refractivity contribution < 1.29 is 5.11 Å². The zero-order chi connectivity index (χ0) is 13.8. The lowest BCUT2D eigenvalue weighted by Gasteiger charge is -2.12. The molecule has 0 bridgehead atoms. The fraction of sp³-hybridized carbons (Fsp3) is 0.0625. The van der Waals surface area contributed by atoms with Crippen LogP contribution in [0.1, 0.15) is 5.56 Å². The molecular weight excluding hydrogens is 250 g/mol. The number of aliphatic hydroxyl groups is 1. The Bertz CT molecular complexity index is 642. The quantitative estimate of drug-likeness (QED) is 0.789.